The first-order valence-electron chi connectivity index (χ1n) is 6.97. The molecule has 1 rings (SSSR count). The molecule has 0 bridgehead atoms. The number of ether oxygens (including phenoxy) is 1. The molecule has 0 saturated heterocycles. The van der Waals surface area contributed by atoms with E-state index in [2.05, 4.69) is 32.9 Å². The molecule has 0 aromatic heterocycles. The van der Waals surface area contributed by atoms with E-state index in [0.717, 1.165) is 5.56 Å². The van der Waals surface area contributed by atoms with Gasteiger partial charge in [0.05, 0.1) is 0 Å². The maximum absolute atomic E-state index is 5.58. The van der Waals surface area contributed by atoms with Crippen LogP contribution in [0.2, 0.25) is 0 Å². The maximum Gasteiger partial charge on any atom is 0.209 e. The van der Waals surface area contributed by atoms with Gasteiger partial charge < -0.3 is 4.74 Å². The van der Waals surface area contributed by atoms with Crippen molar-refractivity contribution in [2.24, 2.45) is 11.5 Å². The van der Waals surface area contributed by atoms with E-state index < -0.39 is 5.85 Å². The summed E-state index contributed by atoms with van der Waals surface area (Å²) in [6.07, 6.45) is 4.19. The predicted octanol–water partition coefficient (Wildman–Crippen LogP) is 4.05. The Bertz CT molecular complexity index is 447. The lowest BCUT2D eigenvalue weighted by Gasteiger charge is -2.20. The Morgan fingerprint density at radius 1 is 1.00 bits per heavy atom. The summed E-state index contributed by atoms with van der Waals surface area (Å²) in [6.45, 7) is 11.8. The molecule has 1 aromatic rings. The van der Waals surface area contributed by atoms with Crippen LogP contribution in [0.5, 0.6) is 5.75 Å². The van der Waals surface area contributed by atoms with Crippen molar-refractivity contribution in [2.45, 2.75) is 47.4 Å². The number of hydrogen-bond donors (Lipinski definition) is 2. The van der Waals surface area contributed by atoms with Gasteiger partial charge in [-0.3, -0.25) is 11.5 Å². The zero-order valence-electron chi connectivity index (χ0n) is 13.5. The van der Waals surface area contributed by atoms with Crippen LogP contribution in [0.25, 0.3) is 5.57 Å². The fraction of sp³-hybridized carbons (Fsp3) is 0.412. The summed E-state index contributed by atoms with van der Waals surface area (Å²) in [5.74, 6) is -0.477. The summed E-state index contributed by atoms with van der Waals surface area (Å²) in [6, 6.07) is 7.72. The largest absolute Gasteiger partial charge is 0.460 e. The number of allylic oxidation sites excluding steroid dienone is 4. The van der Waals surface area contributed by atoms with Gasteiger partial charge in [-0.25, -0.2) is 0 Å². The number of benzene rings is 1. The van der Waals surface area contributed by atoms with Crippen LogP contribution in [-0.4, -0.2) is 5.85 Å². The van der Waals surface area contributed by atoms with Gasteiger partial charge in [-0.2, -0.15) is 0 Å². The molecule has 20 heavy (non-hydrogen) atoms. The van der Waals surface area contributed by atoms with Crippen molar-refractivity contribution in [1.82, 2.24) is 0 Å². The Balaban J connectivity index is 0.00000172. The van der Waals surface area contributed by atoms with E-state index in [1.165, 1.54) is 11.1 Å². The highest BCUT2D eigenvalue weighted by molar-refractivity contribution is 5.65. The van der Waals surface area contributed by atoms with Crippen molar-refractivity contribution in [1.29, 1.82) is 0 Å². The molecule has 112 valence electrons. The maximum atomic E-state index is 5.58. The lowest BCUT2D eigenvalue weighted by Crippen LogP contribution is -2.51. The molecule has 3 nitrogen and oxygen atoms in total. The van der Waals surface area contributed by atoms with Crippen LogP contribution >= 0.6 is 0 Å². The molecule has 0 spiro atoms. The Labute approximate surface area is 123 Å². The first-order chi connectivity index (χ1) is 9.28. The van der Waals surface area contributed by atoms with E-state index in [0.29, 0.717) is 5.75 Å². The third-order valence-electron chi connectivity index (χ3n) is 2.31. The predicted molar refractivity (Wildman–Crippen MR) is 88.3 cm³/mol. The molecule has 0 aliphatic heterocycles. The van der Waals surface area contributed by atoms with Crippen molar-refractivity contribution < 1.29 is 4.74 Å². The molecule has 4 N–H and O–H groups in total. The van der Waals surface area contributed by atoms with Crippen LogP contribution in [-0.2, 0) is 0 Å². The van der Waals surface area contributed by atoms with Gasteiger partial charge in [-0.15, -0.1) is 0 Å². The normalized spacial score (nSPS) is 11.3. The molecular weight excluding hydrogens is 248 g/mol. The van der Waals surface area contributed by atoms with E-state index in [1.54, 1.807) is 6.92 Å². The van der Waals surface area contributed by atoms with E-state index in [-0.39, 0.29) is 0 Å². The van der Waals surface area contributed by atoms with Crippen LogP contribution in [0.1, 0.15) is 47.1 Å². The molecule has 0 amide bonds. The minimum absolute atomic E-state index is 0.668. The summed E-state index contributed by atoms with van der Waals surface area (Å²) in [5.41, 5.74) is 14.8. The number of hydrogen-bond acceptors (Lipinski definition) is 3. The molecule has 0 saturated carbocycles. The highest BCUT2D eigenvalue weighted by atomic mass is 16.5. The van der Waals surface area contributed by atoms with E-state index in [1.807, 2.05) is 38.1 Å². The van der Waals surface area contributed by atoms with Crippen molar-refractivity contribution in [3.8, 4) is 5.75 Å². The molecule has 0 aliphatic carbocycles. The summed E-state index contributed by atoms with van der Waals surface area (Å²) < 4.78 is 5.36. The number of rotatable bonds is 4. The minimum atomic E-state index is -1.14. The number of nitrogens with two attached hydrogens (primary N) is 2. The lowest BCUT2D eigenvalue weighted by molar-refractivity contribution is 0.104. The second-order valence-electron chi connectivity index (χ2n) is 4.90. The SMILES string of the molecule is CC.CC(C)=C/C=C(\C)c1ccc(OC(C)(N)N)cc1. The summed E-state index contributed by atoms with van der Waals surface area (Å²) in [7, 11) is 0. The third-order valence-corrected chi connectivity index (χ3v) is 2.31. The quantitative estimate of drug-likeness (QED) is 0.644. The van der Waals surface area contributed by atoms with Gasteiger partial charge in [-0.1, -0.05) is 43.7 Å². The fourth-order valence-corrected chi connectivity index (χ4v) is 1.43. The Kier molecular flexibility index (Phi) is 7.89. The van der Waals surface area contributed by atoms with Crippen LogP contribution < -0.4 is 16.2 Å². The molecule has 0 fully saturated rings. The Hall–Kier alpha value is -1.58. The second-order valence-corrected chi connectivity index (χ2v) is 4.90. The first kappa shape index (κ1) is 18.4. The summed E-state index contributed by atoms with van der Waals surface area (Å²) in [4.78, 5) is 0. The van der Waals surface area contributed by atoms with Crippen LogP contribution in [0.3, 0.4) is 0 Å². The zero-order chi connectivity index (χ0) is 15.8. The summed E-state index contributed by atoms with van der Waals surface area (Å²) >= 11 is 0. The van der Waals surface area contributed by atoms with Gasteiger partial charge in [0.25, 0.3) is 0 Å². The minimum Gasteiger partial charge on any atom is -0.460 e. The Morgan fingerprint density at radius 2 is 1.50 bits per heavy atom. The molecule has 3 heteroatoms. The van der Waals surface area contributed by atoms with Crippen molar-refractivity contribution in [3.05, 3.63) is 47.6 Å². The van der Waals surface area contributed by atoms with Gasteiger partial charge in [0.2, 0.25) is 5.85 Å². The molecule has 0 unspecified atom stereocenters. The summed E-state index contributed by atoms with van der Waals surface area (Å²) in [5, 5.41) is 0. The van der Waals surface area contributed by atoms with Crippen molar-refractivity contribution >= 4 is 5.57 Å². The van der Waals surface area contributed by atoms with Gasteiger partial charge in [0.15, 0.2) is 0 Å². The van der Waals surface area contributed by atoms with Gasteiger partial charge >= 0.3 is 0 Å². The average Bonchev–Trinajstić information content (AvgIpc) is 2.37. The molecule has 0 aliphatic rings. The molecular formula is C17H28N2O. The zero-order valence-corrected chi connectivity index (χ0v) is 13.5. The molecule has 0 atom stereocenters. The van der Waals surface area contributed by atoms with Crippen molar-refractivity contribution in [2.75, 3.05) is 0 Å². The lowest BCUT2D eigenvalue weighted by atomic mass is 10.1. The van der Waals surface area contributed by atoms with Crippen molar-refractivity contribution in [3.63, 3.8) is 0 Å². The average molecular weight is 276 g/mol. The molecule has 1 aromatic carbocycles. The highest BCUT2D eigenvalue weighted by Gasteiger charge is 2.12. The van der Waals surface area contributed by atoms with E-state index in [9.17, 15) is 0 Å². The van der Waals surface area contributed by atoms with Gasteiger partial charge in [0.1, 0.15) is 5.75 Å². The van der Waals surface area contributed by atoms with E-state index in [4.69, 9.17) is 16.2 Å². The van der Waals surface area contributed by atoms with E-state index >= 15 is 0 Å². The second kappa shape index (κ2) is 8.56. The van der Waals surface area contributed by atoms with Crippen LogP contribution in [0, 0.1) is 0 Å². The van der Waals surface area contributed by atoms with Gasteiger partial charge in [0, 0.05) is 6.92 Å². The smallest absolute Gasteiger partial charge is 0.209 e. The van der Waals surface area contributed by atoms with Gasteiger partial charge in [-0.05, 0) is 44.0 Å². The fourth-order valence-electron chi connectivity index (χ4n) is 1.43. The monoisotopic (exact) mass is 276 g/mol. The molecule has 0 radical (unpaired) electrons. The molecule has 0 heterocycles. The first-order valence-corrected chi connectivity index (χ1v) is 6.97. The standard InChI is InChI=1S/C15H22N2O.C2H6/c1-11(2)5-6-12(3)13-7-9-14(10-8-13)18-15(4,16)17;1-2/h5-10H,16-17H2,1-4H3;1-2H3/b12-6+;. The topological polar surface area (TPSA) is 61.3 Å². The third kappa shape index (κ3) is 7.77. The van der Waals surface area contributed by atoms with Crippen LogP contribution in [0.15, 0.2) is 42.0 Å². The highest BCUT2D eigenvalue weighted by Crippen LogP contribution is 2.19. The van der Waals surface area contributed by atoms with Crippen LogP contribution in [0.4, 0.5) is 0 Å². The Morgan fingerprint density at radius 3 is 1.90 bits per heavy atom.